The highest BCUT2D eigenvalue weighted by molar-refractivity contribution is 6.31. The molecule has 2 saturated heterocycles. The van der Waals surface area contributed by atoms with Gasteiger partial charge in [0.2, 0.25) is 0 Å². The third kappa shape index (κ3) is 9.50. The number of hydrogen-bond acceptors (Lipinski definition) is 6. The van der Waals surface area contributed by atoms with Crippen LogP contribution in [0.3, 0.4) is 0 Å². The molecule has 0 saturated carbocycles. The quantitative estimate of drug-likeness (QED) is 0.216. The lowest BCUT2D eigenvalue weighted by Crippen LogP contribution is -2.63. The molecule has 3 heterocycles. The molecule has 1 N–H and O–H groups in total. The Kier molecular flexibility index (Phi) is 11.5. The minimum atomic E-state index is -5.08. The molecule has 0 bridgehead atoms. The Labute approximate surface area is 282 Å². The van der Waals surface area contributed by atoms with Crippen LogP contribution < -0.4 is 9.64 Å². The fourth-order valence-corrected chi connectivity index (χ4v) is 6.54. The van der Waals surface area contributed by atoms with Crippen molar-refractivity contribution in [2.75, 3.05) is 44.7 Å². The molecule has 7 nitrogen and oxygen atoms in total. The van der Waals surface area contributed by atoms with Gasteiger partial charge in [-0.3, -0.25) is 9.80 Å². The van der Waals surface area contributed by atoms with E-state index in [0.29, 0.717) is 24.7 Å². The molecule has 2 aliphatic rings. The van der Waals surface area contributed by atoms with E-state index >= 15 is 0 Å². The molecule has 0 radical (unpaired) electrons. The van der Waals surface area contributed by atoms with Gasteiger partial charge in [-0.15, -0.1) is 0 Å². The minimum absolute atomic E-state index is 0.320. The predicted octanol–water partition coefficient (Wildman–Crippen LogP) is 7.45. The van der Waals surface area contributed by atoms with Crippen LogP contribution in [0.25, 0.3) is 10.8 Å². The lowest BCUT2D eigenvalue weighted by Gasteiger charge is -2.50. The van der Waals surface area contributed by atoms with Crippen molar-refractivity contribution in [2.45, 2.75) is 43.6 Å². The number of ether oxygens (including phenoxy) is 1. The average Bonchev–Trinajstić information content (AvgIpc) is 3.05. The second-order valence-electron chi connectivity index (χ2n) is 11.9. The van der Waals surface area contributed by atoms with Gasteiger partial charge < -0.3 is 14.7 Å². The second-order valence-corrected chi connectivity index (χ2v) is 12.8. The molecule has 3 aromatic carbocycles. The third-order valence-electron chi connectivity index (χ3n) is 8.77. The van der Waals surface area contributed by atoms with Gasteiger partial charge in [0, 0.05) is 54.5 Å². The lowest BCUT2D eigenvalue weighted by molar-refractivity contribution is -0.192. The van der Waals surface area contributed by atoms with Crippen molar-refractivity contribution in [3.05, 3.63) is 101 Å². The molecule has 1 aromatic heterocycles. The number of anilines is 1. The van der Waals surface area contributed by atoms with Crippen LogP contribution in [0.1, 0.15) is 18.4 Å². The van der Waals surface area contributed by atoms with E-state index in [9.17, 15) is 13.2 Å². The summed E-state index contributed by atoms with van der Waals surface area (Å²) in [5.41, 5.74) is 1.33. The second kappa shape index (κ2) is 15.6. The Hall–Kier alpha value is -3.57. The largest absolute Gasteiger partial charge is 0.492 e. The molecule has 0 spiro atoms. The van der Waals surface area contributed by atoms with Gasteiger partial charge >= 0.3 is 12.1 Å². The molecular formula is C35H37Cl2F3N4O3. The highest BCUT2D eigenvalue weighted by atomic mass is 35.5. The number of aromatic nitrogens is 1. The van der Waals surface area contributed by atoms with Gasteiger partial charge in [-0.05, 0) is 79.0 Å². The summed E-state index contributed by atoms with van der Waals surface area (Å²) in [6, 6.07) is 28.2. The molecule has 0 aliphatic carbocycles. The van der Waals surface area contributed by atoms with E-state index in [2.05, 4.69) is 81.3 Å². The SMILES string of the molecule is CN1C[C@H](Cc2ccc(Cl)cc2)N(C2CCN(c3cc(Cl)ccn3)CC2)C[C@@H]1COc1ccc2ccccc2c1.O=C(O)C(F)(F)F. The number of rotatable bonds is 7. The van der Waals surface area contributed by atoms with Crippen molar-refractivity contribution in [1.29, 1.82) is 0 Å². The van der Waals surface area contributed by atoms with E-state index in [1.165, 1.54) is 16.3 Å². The average molecular weight is 690 g/mol. The Morgan fingerprint density at radius 2 is 1.60 bits per heavy atom. The van der Waals surface area contributed by atoms with Gasteiger partial charge in [0.25, 0.3) is 0 Å². The van der Waals surface area contributed by atoms with E-state index in [1.54, 1.807) is 6.20 Å². The number of alkyl halides is 3. The van der Waals surface area contributed by atoms with Crippen LogP contribution >= 0.6 is 23.2 Å². The maximum Gasteiger partial charge on any atom is 0.490 e. The van der Waals surface area contributed by atoms with Gasteiger partial charge in [0.05, 0.1) is 6.04 Å². The van der Waals surface area contributed by atoms with Gasteiger partial charge in [-0.25, -0.2) is 9.78 Å². The number of carbonyl (C=O) groups is 1. The Morgan fingerprint density at radius 3 is 2.26 bits per heavy atom. The maximum absolute atomic E-state index is 10.6. The number of halogens is 5. The van der Waals surface area contributed by atoms with E-state index in [0.717, 1.165) is 67.1 Å². The topological polar surface area (TPSA) is 69.1 Å². The van der Waals surface area contributed by atoms with Crippen molar-refractivity contribution in [1.82, 2.24) is 14.8 Å². The van der Waals surface area contributed by atoms with E-state index in [4.69, 9.17) is 37.8 Å². The first-order chi connectivity index (χ1) is 22.5. The molecule has 47 heavy (non-hydrogen) atoms. The monoisotopic (exact) mass is 688 g/mol. The van der Waals surface area contributed by atoms with Gasteiger partial charge in [0.1, 0.15) is 18.2 Å². The third-order valence-corrected chi connectivity index (χ3v) is 9.26. The van der Waals surface area contributed by atoms with Crippen LogP contribution in [0.4, 0.5) is 19.0 Å². The zero-order chi connectivity index (χ0) is 33.6. The summed E-state index contributed by atoms with van der Waals surface area (Å²) >= 11 is 12.4. The number of fused-ring (bicyclic) bond motifs is 1. The van der Waals surface area contributed by atoms with Gasteiger partial charge in [-0.2, -0.15) is 13.2 Å². The maximum atomic E-state index is 10.6. The van der Waals surface area contributed by atoms with E-state index in [-0.39, 0.29) is 0 Å². The highest BCUT2D eigenvalue weighted by Crippen LogP contribution is 2.29. The van der Waals surface area contributed by atoms with Crippen LogP contribution in [-0.2, 0) is 11.2 Å². The molecule has 0 amide bonds. The van der Waals surface area contributed by atoms with Crippen molar-refractivity contribution in [2.24, 2.45) is 0 Å². The summed E-state index contributed by atoms with van der Waals surface area (Å²) in [4.78, 5) is 21.1. The molecule has 250 valence electrons. The number of pyridine rings is 1. The smallest absolute Gasteiger partial charge is 0.490 e. The number of carboxylic acid groups (broad SMARTS) is 1. The Bertz CT molecular complexity index is 1630. The first-order valence-electron chi connectivity index (χ1n) is 15.4. The molecule has 2 aliphatic heterocycles. The number of likely N-dealkylation sites (N-methyl/N-ethyl adjacent to an activating group) is 1. The first-order valence-corrected chi connectivity index (χ1v) is 16.2. The summed E-state index contributed by atoms with van der Waals surface area (Å²) in [5, 5.41) is 11.1. The van der Waals surface area contributed by atoms with Crippen molar-refractivity contribution in [3.63, 3.8) is 0 Å². The van der Waals surface area contributed by atoms with Crippen LogP contribution in [0, 0.1) is 0 Å². The fraction of sp³-hybridized carbons (Fsp3) is 0.371. The molecule has 12 heteroatoms. The Balaban J connectivity index is 0.000000559. The van der Waals surface area contributed by atoms with Crippen LogP contribution in [0.2, 0.25) is 10.0 Å². The Morgan fingerprint density at radius 1 is 0.915 bits per heavy atom. The number of nitrogens with zero attached hydrogens (tertiary/aromatic N) is 4. The summed E-state index contributed by atoms with van der Waals surface area (Å²) in [6.45, 7) is 4.63. The van der Waals surface area contributed by atoms with E-state index < -0.39 is 12.1 Å². The number of piperidine rings is 1. The molecule has 6 rings (SSSR count). The first kappa shape index (κ1) is 34.8. The predicted molar refractivity (Wildman–Crippen MR) is 180 cm³/mol. The molecule has 4 aromatic rings. The molecule has 2 fully saturated rings. The lowest BCUT2D eigenvalue weighted by atomic mass is 9.94. The number of carboxylic acids is 1. The number of piperazine rings is 1. The van der Waals surface area contributed by atoms with Crippen molar-refractivity contribution in [3.8, 4) is 5.75 Å². The standard InChI is InChI=1S/C33H36Cl2N4O.C2HF3O2/c1-37-21-30(18-24-6-9-27(34)10-7-24)39(29-13-16-38(17-14-29)33-20-28(35)12-15-36-33)22-31(37)23-40-32-11-8-25-4-2-3-5-26(25)19-32;3-2(4,5)1(6)7/h2-12,15,19-20,29-31H,13-14,16-18,21-23H2,1H3;(H,6,7)/t30-,31+;/m0./s1. The zero-order valence-corrected chi connectivity index (χ0v) is 27.4. The van der Waals surface area contributed by atoms with E-state index in [1.807, 2.05) is 24.3 Å². The fourth-order valence-electron chi connectivity index (χ4n) is 6.26. The summed E-state index contributed by atoms with van der Waals surface area (Å²) in [5.74, 6) is -0.847. The normalized spacial score (nSPS) is 19.7. The zero-order valence-electron chi connectivity index (χ0n) is 25.9. The molecule has 2 atom stereocenters. The van der Waals surface area contributed by atoms with Crippen molar-refractivity contribution < 1.29 is 27.8 Å². The number of hydrogen-bond donors (Lipinski definition) is 1. The number of aliphatic carboxylic acids is 1. The summed E-state index contributed by atoms with van der Waals surface area (Å²) in [6.07, 6.45) is -0.0666. The minimum Gasteiger partial charge on any atom is -0.492 e. The molecule has 0 unspecified atom stereocenters. The van der Waals surface area contributed by atoms with Crippen LogP contribution in [-0.4, -0.2) is 90.0 Å². The number of benzene rings is 3. The van der Waals surface area contributed by atoms with Gasteiger partial charge in [0.15, 0.2) is 0 Å². The molecular weight excluding hydrogens is 652 g/mol. The van der Waals surface area contributed by atoms with Crippen molar-refractivity contribution >= 4 is 45.8 Å². The van der Waals surface area contributed by atoms with Crippen LogP contribution in [0.15, 0.2) is 85.1 Å². The summed E-state index contributed by atoms with van der Waals surface area (Å²) in [7, 11) is 2.24. The van der Waals surface area contributed by atoms with Gasteiger partial charge in [-0.1, -0.05) is 65.7 Å². The summed E-state index contributed by atoms with van der Waals surface area (Å²) < 4.78 is 38.1. The van der Waals surface area contributed by atoms with Crippen LogP contribution in [0.5, 0.6) is 5.75 Å². The highest BCUT2D eigenvalue weighted by Gasteiger charge is 2.39.